The second kappa shape index (κ2) is 6.92. The Morgan fingerprint density at radius 1 is 1.23 bits per heavy atom. The van der Waals surface area contributed by atoms with Gasteiger partial charge in [0.2, 0.25) is 5.91 Å². The van der Waals surface area contributed by atoms with Crippen molar-refractivity contribution in [2.45, 2.75) is 18.9 Å². The quantitative estimate of drug-likeness (QED) is 0.721. The highest BCUT2D eigenvalue weighted by molar-refractivity contribution is 6.30. The summed E-state index contributed by atoms with van der Waals surface area (Å²) in [5.74, 6) is -0.0837. The van der Waals surface area contributed by atoms with E-state index in [4.69, 9.17) is 11.6 Å². The van der Waals surface area contributed by atoms with Crippen LogP contribution in [0.3, 0.4) is 0 Å². The highest BCUT2D eigenvalue weighted by Gasteiger charge is 2.43. The summed E-state index contributed by atoms with van der Waals surface area (Å²) in [7, 11) is 0. The van der Waals surface area contributed by atoms with Crippen molar-refractivity contribution in [2.24, 2.45) is 5.92 Å². The number of benzene rings is 2. The van der Waals surface area contributed by atoms with E-state index in [-0.39, 0.29) is 23.6 Å². The molecule has 132 valence electrons. The Kier molecular flexibility index (Phi) is 4.47. The average molecular weight is 370 g/mol. The third-order valence-corrected chi connectivity index (χ3v) is 4.87. The fourth-order valence-corrected chi connectivity index (χ4v) is 3.24. The topological polar surface area (TPSA) is 46.9 Å². The van der Waals surface area contributed by atoms with E-state index in [0.717, 1.165) is 12.0 Å². The van der Waals surface area contributed by atoms with Gasteiger partial charge in [-0.2, -0.15) is 5.10 Å². The summed E-state index contributed by atoms with van der Waals surface area (Å²) in [6, 6.07) is 14.2. The molecule has 26 heavy (non-hydrogen) atoms. The van der Waals surface area contributed by atoms with Crippen molar-refractivity contribution < 1.29 is 9.18 Å². The number of aromatic nitrogens is 2. The van der Waals surface area contributed by atoms with Gasteiger partial charge in [0, 0.05) is 22.7 Å². The summed E-state index contributed by atoms with van der Waals surface area (Å²) in [4.78, 5) is 12.4. The summed E-state index contributed by atoms with van der Waals surface area (Å²) in [6.45, 7) is 0.319. The third-order valence-electron chi connectivity index (χ3n) is 4.62. The maximum atomic E-state index is 13.7. The Bertz CT molecular complexity index is 938. The third kappa shape index (κ3) is 3.63. The summed E-state index contributed by atoms with van der Waals surface area (Å²) in [6.07, 6.45) is 4.12. The number of hydrogen-bond acceptors (Lipinski definition) is 2. The van der Waals surface area contributed by atoms with Gasteiger partial charge in [0.25, 0.3) is 0 Å². The van der Waals surface area contributed by atoms with E-state index in [0.29, 0.717) is 22.8 Å². The predicted octanol–water partition coefficient (Wildman–Crippen LogP) is 4.47. The van der Waals surface area contributed by atoms with Crippen LogP contribution in [0.2, 0.25) is 5.02 Å². The number of hydrogen-bond donors (Lipinski definition) is 1. The Hall–Kier alpha value is -2.66. The molecule has 1 aliphatic carbocycles. The van der Waals surface area contributed by atoms with Crippen LogP contribution in [0, 0.1) is 11.7 Å². The van der Waals surface area contributed by atoms with Crippen molar-refractivity contribution >= 4 is 23.2 Å². The molecule has 1 fully saturated rings. The summed E-state index contributed by atoms with van der Waals surface area (Å²) in [5, 5.41) is 7.78. The highest BCUT2D eigenvalue weighted by atomic mass is 35.5. The second-order valence-electron chi connectivity index (χ2n) is 6.51. The van der Waals surface area contributed by atoms with Gasteiger partial charge in [-0.3, -0.25) is 9.48 Å². The molecule has 1 aliphatic rings. The van der Waals surface area contributed by atoms with Gasteiger partial charge in [-0.1, -0.05) is 41.9 Å². The van der Waals surface area contributed by atoms with Gasteiger partial charge in [0.1, 0.15) is 5.82 Å². The lowest BCUT2D eigenvalue weighted by Crippen LogP contribution is -2.14. The molecule has 0 radical (unpaired) electrons. The molecule has 2 unspecified atom stereocenters. The molecule has 0 aliphatic heterocycles. The molecule has 0 bridgehead atoms. The van der Waals surface area contributed by atoms with Crippen molar-refractivity contribution in [1.29, 1.82) is 0 Å². The molecule has 6 heteroatoms. The summed E-state index contributed by atoms with van der Waals surface area (Å²) in [5.41, 5.74) is 2.30. The maximum Gasteiger partial charge on any atom is 0.228 e. The molecule has 0 spiro atoms. The number of nitrogens with one attached hydrogen (secondary N) is 1. The first-order valence-electron chi connectivity index (χ1n) is 8.42. The van der Waals surface area contributed by atoms with Gasteiger partial charge in [-0.15, -0.1) is 0 Å². The Morgan fingerprint density at radius 2 is 2.00 bits per heavy atom. The van der Waals surface area contributed by atoms with Crippen LogP contribution in [0.4, 0.5) is 10.1 Å². The molecule has 1 aromatic heterocycles. The first-order chi connectivity index (χ1) is 12.6. The van der Waals surface area contributed by atoms with Gasteiger partial charge >= 0.3 is 0 Å². The molecule has 4 rings (SSSR count). The molecule has 2 atom stereocenters. The minimum absolute atomic E-state index is 0.0182. The SMILES string of the molecule is O=C(Nc1cnn(Cc2ccccc2F)c1)C1CC1c1ccc(Cl)cc1. The lowest BCUT2D eigenvalue weighted by Gasteiger charge is -2.04. The van der Waals surface area contributed by atoms with Gasteiger partial charge in [-0.05, 0) is 36.1 Å². The molecule has 3 aromatic rings. The predicted molar refractivity (Wildman–Crippen MR) is 98.7 cm³/mol. The lowest BCUT2D eigenvalue weighted by molar-refractivity contribution is -0.117. The molecular formula is C20H17ClFN3O. The smallest absolute Gasteiger partial charge is 0.228 e. The van der Waals surface area contributed by atoms with Crippen LogP contribution < -0.4 is 5.32 Å². The van der Waals surface area contributed by atoms with Crippen molar-refractivity contribution in [3.63, 3.8) is 0 Å². The van der Waals surface area contributed by atoms with Crippen LogP contribution in [0.5, 0.6) is 0 Å². The Balaban J connectivity index is 1.36. The number of amides is 1. The van der Waals surface area contributed by atoms with Gasteiger partial charge < -0.3 is 5.32 Å². The van der Waals surface area contributed by atoms with Crippen LogP contribution in [0.25, 0.3) is 0 Å². The summed E-state index contributed by atoms with van der Waals surface area (Å²) >= 11 is 5.90. The monoisotopic (exact) mass is 369 g/mol. The average Bonchev–Trinajstić information content (AvgIpc) is 3.32. The van der Waals surface area contributed by atoms with Crippen molar-refractivity contribution in [3.8, 4) is 0 Å². The van der Waals surface area contributed by atoms with Gasteiger partial charge in [0.15, 0.2) is 0 Å². The van der Waals surface area contributed by atoms with E-state index in [2.05, 4.69) is 10.4 Å². The molecule has 4 nitrogen and oxygen atoms in total. The van der Waals surface area contributed by atoms with Crippen LogP contribution in [0.15, 0.2) is 60.9 Å². The van der Waals surface area contributed by atoms with Gasteiger partial charge in [-0.25, -0.2) is 4.39 Å². The van der Waals surface area contributed by atoms with Crippen LogP contribution >= 0.6 is 11.6 Å². The van der Waals surface area contributed by atoms with E-state index in [1.165, 1.54) is 6.07 Å². The number of carbonyl (C=O) groups excluding carboxylic acids is 1. The van der Waals surface area contributed by atoms with Gasteiger partial charge in [0.05, 0.1) is 18.4 Å². The number of rotatable bonds is 5. The minimum atomic E-state index is -0.266. The van der Waals surface area contributed by atoms with E-state index in [9.17, 15) is 9.18 Å². The van der Waals surface area contributed by atoms with E-state index in [1.807, 2.05) is 24.3 Å². The Labute approximate surface area is 155 Å². The number of anilines is 1. The fourth-order valence-electron chi connectivity index (χ4n) is 3.11. The normalized spacial score (nSPS) is 18.5. The number of halogens is 2. The molecule has 2 aromatic carbocycles. The molecule has 0 saturated heterocycles. The van der Waals surface area contributed by atoms with Crippen molar-refractivity contribution in [3.05, 3.63) is 82.9 Å². The summed E-state index contributed by atoms with van der Waals surface area (Å²) < 4.78 is 15.3. The molecule has 1 heterocycles. The number of carbonyl (C=O) groups is 1. The minimum Gasteiger partial charge on any atom is -0.323 e. The zero-order chi connectivity index (χ0) is 18.1. The fraction of sp³-hybridized carbons (Fsp3) is 0.200. The second-order valence-corrected chi connectivity index (χ2v) is 6.94. The largest absolute Gasteiger partial charge is 0.323 e. The lowest BCUT2D eigenvalue weighted by atomic mass is 10.1. The standard InChI is InChI=1S/C20H17ClFN3O/c21-15-7-5-13(6-8-15)17-9-18(17)20(26)24-16-10-23-25(12-16)11-14-3-1-2-4-19(14)22/h1-8,10,12,17-18H,9,11H2,(H,24,26). The van der Waals surface area contributed by atoms with E-state index < -0.39 is 0 Å². The maximum absolute atomic E-state index is 13.7. The zero-order valence-electron chi connectivity index (χ0n) is 13.9. The molecule has 1 saturated carbocycles. The van der Waals surface area contributed by atoms with Crippen molar-refractivity contribution in [2.75, 3.05) is 5.32 Å². The Morgan fingerprint density at radius 3 is 2.77 bits per heavy atom. The van der Waals surface area contributed by atoms with Crippen LogP contribution in [-0.4, -0.2) is 15.7 Å². The molecule has 1 amide bonds. The molecule has 1 N–H and O–H groups in total. The van der Waals surface area contributed by atoms with Crippen molar-refractivity contribution in [1.82, 2.24) is 9.78 Å². The zero-order valence-corrected chi connectivity index (χ0v) is 14.7. The number of nitrogens with zero attached hydrogens (tertiary/aromatic N) is 2. The highest BCUT2D eigenvalue weighted by Crippen LogP contribution is 2.48. The van der Waals surface area contributed by atoms with Crippen LogP contribution in [0.1, 0.15) is 23.5 Å². The molecular weight excluding hydrogens is 353 g/mol. The first kappa shape index (κ1) is 16.8. The van der Waals surface area contributed by atoms with Crippen LogP contribution in [-0.2, 0) is 11.3 Å². The van der Waals surface area contributed by atoms with E-state index in [1.54, 1.807) is 35.3 Å². The first-order valence-corrected chi connectivity index (χ1v) is 8.80. The van der Waals surface area contributed by atoms with E-state index >= 15 is 0 Å².